The second-order valence-corrected chi connectivity index (χ2v) is 6.18. The average molecular weight is 286 g/mol. The first-order valence-corrected chi connectivity index (χ1v) is 6.78. The topological polar surface area (TPSA) is 99.1 Å². The van der Waals surface area contributed by atoms with Gasteiger partial charge in [0.15, 0.2) is 0 Å². The van der Waals surface area contributed by atoms with Gasteiger partial charge in [-0.1, -0.05) is 13.8 Å². The summed E-state index contributed by atoms with van der Waals surface area (Å²) in [6, 6.07) is -1.43. The fourth-order valence-corrected chi connectivity index (χ4v) is 3.03. The van der Waals surface area contributed by atoms with E-state index in [1.165, 1.54) is 4.90 Å². The number of nitrogens with zero attached hydrogens (tertiary/aromatic N) is 1. The second kappa shape index (κ2) is 5.21. The van der Waals surface area contributed by atoms with E-state index < -0.39 is 24.1 Å². The molecule has 1 aliphatic carbocycles. The van der Waals surface area contributed by atoms with Gasteiger partial charge in [-0.2, -0.15) is 0 Å². The average Bonchev–Trinajstić information content (AvgIpc) is 2.76. The molecule has 114 valence electrons. The number of aliphatic hydroxyl groups is 1. The number of ether oxygens (including phenoxy) is 1. The van der Waals surface area contributed by atoms with Crippen LogP contribution in [0.2, 0.25) is 0 Å². The highest BCUT2D eigenvalue weighted by Gasteiger charge is 2.50. The number of carbonyl (C=O) groups excluding carboxylic acids is 1. The van der Waals surface area contributed by atoms with E-state index in [1.807, 2.05) is 13.8 Å². The largest absolute Gasteiger partial charge is 0.480 e. The molecule has 0 aromatic carbocycles. The van der Waals surface area contributed by atoms with Gasteiger partial charge >= 0.3 is 12.0 Å². The Balaban J connectivity index is 1.97. The standard InChI is InChI=1S/C13H22N2O5/c1-13(2)9(5-10(13)20-3)14-12(19)15-6-7(16)4-8(15)11(17)18/h7-10,16H,4-6H2,1-3H3,(H,14,19)(H,17,18)/t7-,8-,9?,10?/m0/s1. The van der Waals surface area contributed by atoms with Crippen molar-refractivity contribution < 1.29 is 24.5 Å². The summed E-state index contributed by atoms with van der Waals surface area (Å²) in [5.74, 6) is -1.08. The molecule has 2 unspecified atom stereocenters. The summed E-state index contributed by atoms with van der Waals surface area (Å²) in [6.45, 7) is 4.07. The number of carboxylic acid groups (broad SMARTS) is 1. The number of nitrogens with one attached hydrogen (secondary N) is 1. The van der Waals surface area contributed by atoms with Crippen LogP contribution < -0.4 is 5.32 Å². The molecule has 2 rings (SSSR count). The molecule has 4 atom stereocenters. The van der Waals surface area contributed by atoms with Crippen molar-refractivity contribution in [2.45, 2.75) is 51.0 Å². The Morgan fingerprint density at radius 2 is 2.00 bits per heavy atom. The Labute approximate surface area is 117 Å². The van der Waals surface area contributed by atoms with Gasteiger partial charge in [-0.3, -0.25) is 0 Å². The van der Waals surface area contributed by atoms with E-state index in [4.69, 9.17) is 9.84 Å². The van der Waals surface area contributed by atoms with Gasteiger partial charge in [0.05, 0.1) is 12.2 Å². The molecule has 0 aromatic rings. The summed E-state index contributed by atoms with van der Waals surface area (Å²) in [5, 5.41) is 21.5. The molecule has 7 heteroatoms. The zero-order valence-corrected chi connectivity index (χ0v) is 12.0. The highest BCUT2D eigenvalue weighted by atomic mass is 16.5. The number of hydrogen-bond acceptors (Lipinski definition) is 4. The molecule has 2 amide bonds. The maximum Gasteiger partial charge on any atom is 0.326 e. The van der Waals surface area contributed by atoms with E-state index in [9.17, 15) is 14.7 Å². The number of likely N-dealkylation sites (tertiary alicyclic amines) is 1. The van der Waals surface area contributed by atoms with Crippen LogP contribution in [0, 0.1) is 5.41 Å². The third-order valence-electron chi connectivity index (χ3n) is 4.58. The number of amides is 2. The lowest BCUT2D eigenvalue weighted by Crippen LogP contribution is -2.63. The van der Waals surface area contributed by atoms with Gasteiger partial charge < -0.3 is 25.2 Å². The van der Waals surface area contributed by atoms with Crippen molar-refractivity contribution in [2.75, 3.05) is 13.7 Å². The lowest BCUT2D eigenvalue weighted by molar-refractivity contribution is -0.141. The summed E-state index contributed by atoms with van der Waals surface area (Å²) in [4.78, 5) is 24.5. The van der Waals surface area contributed by atoms with Crippen LogP contribution in [0.1, 0.15) is 26.7 Å². The first-order valence-electron chi connectivity index (χ1n) is 6.78. The van der Waals surface area contributed by atoms with Crippen LogP contribution in [-0.4, -0.2) is 65.1 Å². The SMILES string of the molecule is COC1CC(NC(=O)N2C[C@@H](O)C[C@H]2C(=O)O)C1(C)C. The zero-order chi connectivity index (χ0) is 15.1. The smallest absolute Gasteiger partial charge is 0.326 e. The number of urea groups is 1. The first kappa shape index (κ1) is 15.1. The number of aliphatic carboxylic acids is 1. The third kappa shape index (κ3) is 2.47. The molecular formula is C13H22N2O5. The van der Waals surface area contributed by atoms with Gasteiger partial charge in [-0.25, -0.2) is 9.59 Å². The van der Waals surface area contributed by atoms with Crippen LogP contribution >= 0.6 is 0 Å². The first-order chi connectivity index (χ1) is 9.27. The lowest BCUT2D eigenvalue weighted by Gasteiger charge is -2.51. The summed E-state index contributed by atoms with van der Waals surface area (Å²) in [6.07, 6.45) is 0.108. The monoisotopic (exact) mass is 286 g/mol. The lowest BCUT2D eigenvalue weighted by atomic mass is 9.64. The number of methoxy groups -OCH3 is 1. The highest BCUT2D eigenvalue weighted by Crippen LogP contribution is 2.42. The molecule has 20 heavy (non-hydrogen) atoms. The minimum atomic E-state index is -1.08. The number of carbonyl (C=O) groups is 2. The molecule has 7 nitrogen and oxygen atoms in total. The third-order valence-corrected chi connectivity index (χ3v) is 4.58. The van der Waals surface area contributed by atoms with Gasteiger partial charge in [0, 0.05) is 31.5 Å². The predicted molar refractivity (Wildman–Crippen MR) is 70.3 cm³/mol. The van der Waals surface area contributed by atoms with E-state index in [0.717, 1.165) is 0 Å². The van der Waals surface area contributed by atoms with Crippen LogP contribution in [0.4, 0.5) is 4.79 Å². The normalized spacial score (nSPS) is 35.5. The van der Waals surface area contributed by atoms with Crippen LogP contribution in [0.5, 0.6) is 0 Å². The number of aliphatic hydroxyl groups excluding tert-OH is 1. The van der Waals surface area contributed by atoms with Crippen LogP contribution in [-0.2, 0) is 9.53 Å². The fraction of sp³-hybridized carbons (Fsp3) is 0.846. The van der Waals surface area contributed by atoms with Crippen molar-refractivity contribution >= 4 is 12.0 Å². The van der Waals surface area contributed by atoms with Gasteiger partial charge in [-0.05, 0) is 6.42 Å². The maximum absolute atomic E-state index is 12.2. The summed E-state index contributed by atoms with van der Waals surface area (Å²) in [7, 11) is 1.64. The number of rotatable bonds is 3. The van der Waals surface area contributed by atoms with Crippen LogP contribution in [0.15, 0.2) is 0 Å². The molecule has 2 fully saturated rings. The summed E-state index contributed by atoms with van der Waals surface area (Å²) < 4.78 is 5.32. The van der Waals surface area contributed by atoms with Crippen molar-refractivity contribution in [3.05, 3.63) is 0 Å². The molecule has 1 saturated heterocycles. The van der Waals surface area contributed by atoms with Crippen LogP contribution in [0.3, 0.4) is 0 Å². The van der Waals surface area contributed by atoms with E-state index >= 15 is 0 Å². The molecule has 3 N–H and O–H groups in total. The van der Waals surface area contributed by atoms with Crippen molar-refractivity contribution in [1.82, 2.24) is 10.2 Å². The van der Waals surface area contributed by atoms with Gasteiger partial charge in [0.25, 0.3) is 0 Å². The van der Waals surface area contributed by atoms with Gasteiger partial charge in [-0.15, -0.1) is 0 Å². The maximum atomic E-state index is 12.2. The van der Waals surface area contributed by atoms with Crippen LogP contribution in [0.25, 0.3) is 0 Å². The molecular weight excluding hydrogens is 264 g/mol. The highest BCUT2D eigenvalue weighted by molar-refractivity contribution is 5.83. The molecule has 0 bridgehead atoms. The number of hydrogen-bond donors (Lipinski definition) is 3. The van der Waals surface area contributed by atoms with Gasteiger partial charge in [0.2, 0.25) is 0 Å². The number of carboxylic acids is 1. The van der Waals surface area contributed by atoms with Crippen molar-refractivity contribution in [3.8, 4) is 0 Å². The molecule has 0 aromatic heterocycles. The van der Waals surface area contributed by atoms with E-state index in [2.05, 4.69) is 5.32 Å². The quantitative estimate of drug-likeness (QED) is 0.680. The molecule has 1 aliphatic heterocycles. The predicted octanol–water partition coefficient (Wildman–Crippen LogP) is 0.0293. The molecule has 2 aliphatic rings. The Morgan fingerprint density at radius 3 is 2.50 bits per heavy atom. The van der Waals surface area contributed by atoms with E-state index in [1.54, 1.807) is 7.11 Å². The molecule has 1 heterocycles. The van der Waals surface area contributed by atoms with Crippen molar-refractivity contribution in [3.63, 3.8) is 0 Å². The Kier molecular flexibility index (Phi) is 3.93. The van der Waals surface area contributed by atoms with E-state index in [0.29, 0.717) is 6.42 Å². The van der Waals surface area contributed by atoms with Crippen molar-refractivity contribution in [2.24, 2.45) is 5.41 Å². The fourth-order valence-electron chi connectivity index (χ4n) is 3.03. The Bertz CT molecular complexity index is 412. The van der Waals surface area contributed by atoms with Gasteiger partial charge in [0.1, 0.15) is 6.04 Å². The minimum absolute atomic E-state index is 0.0489. The zero-order valence-electron chi connectivity index (χ0n) is 12.0. The molecule has 0 spiro atoms. The summed E-state index contributed by atoms with van der Waals surface area (Å²) >= 11 is 0. The Hall–Kier alpha value is -1.34. The summed E-state index contributed by atoms with van der Waals surface area (Å²) in [5.41, 5.74) is -0.179. The minimum Gasteiger partial charge on any atom is -0.480 e. The Morgan fingerprint density at radius 1 is 1.35 bits per heavy atom. The second-order valence-electron chi connectivity index (χ2n) is 6.18. The number of β-amino-alcohol motifs (C(OH)–C–C–N with tert-alkyl or cyclic N) is 1. The molecule has 1 saturated carbocycles. The van der Waals surface area contributed by atoms with E-state index in [-0.39, 0.29) is 30.5 Å². The molecule has 0 radical (unpaired) electrons. The van der Waals surface area contributed by atoms with Crippen molar-refractivity contribution in [1.29, 1.82) is 0 Å².